The predicted molar refractivity (Wildman–Crippen MR) is 52.4 cm³/mol. The van der Waals surface area contributed by atoms with Crippen LogP contribution in [0.4, 0.5) is 0 Å². The summed E-state index contributed by atoms with van der Waals surface area (Å²) in [6.07, 6.45) is 8.14. The Morgan fingerprint density at radius 1 is 1.42 bits per heavy atom. The molecule has 0 bridgehead atoms. The lowest BCUT2D eigenvalue weighted by molar-refractivity contribution is 1.01. The van der Waals surface area contributed by atoms with Crippen LogP contribution in [-0.2, 0) is 0 Å². The van der Waals surface area contributed by atoms with Crippen molar-refractivity contribution in [2.45, 2.75) is 6.42 Å². The van der Waals surface area contributed by atoms with Crippen molar-refractivity contribution >= 4 is 22.0 Å². The van der Waals surface area contributed by atoms with Crippen LogP contribution < -0.4 is 5.73 Å². The van der Waals surface area contributed by atoms with E-state index in [4.69, 9.17) is 5.73 Å². The molecular formula is C8H10BrN3. The number of hydrogen-bond donors (Lipinski definition) is 1. The van der Waals surface area contributed by atoms with Gasteiger partial charge in [-0.25, -0.2) is 4.98 Å². The molecule has 0 atom stereocenters. The van der Waals surface area contributed by atoms with E-state index in [0.717, 1.165) is 16.7 Å². The van der Waals surface area contributed by atoms with Gasteiger partial charge in [-0.15, -0.1) is 0 Å². The number of hydrogen-bond acceptors (Lipinski definition) is 3. The molecule has 1 aromatic heterocycles. The van der Waals surface area contributed by atoms with Gasteiger partial charge in [0.05, 0.1) is 18.1 Å². The quantitative estimate of drug-likeness (QED) is 0.854. The number of nitrogens with two attached hydrogens (primary N) is 1. The molecule has 0 aliphatic carbocycles. The minimum atomic E-state index is 0.667. The zero-order valence-electron chi connectivity index (χ0n) is 6.57. The van der Waals surface area contributed by atoms with Crippen LogP contribution in [0.5, 0.6) is 0 Å². The normalized spacial score (nSPS) is 10.8. The van der Waals surface area contributed by atoms with Crippen LogP contribution in [0.3, 0.4) is 0 Å². The lowest BCUT2D eigenvalue weighted by Gasteiger charge is -1.91. The van der Waals surface area contributed by atoms with Gasteiger partial charge in [0.25, 0.3) is 0 Å². The standard InChI is InChI=1S/C8H10BrN3/c9-8-6-11-7(5-12-8)3-1-2-4-10/h1,3,5-6H,2,4,10H2. The topological polar surface area (TPSA) is 51.8 Å². The average Bonchev–Trinajstić information content (AvgIpc) is 2.09. The van der Waals surface area contributed by atoms with Crippen LogP contribution in [0.15, 0.2) is 23.1 Å². The second kappa shape index (κ2) is 5.00. The molecule has 64 valence electrons. The van der Waals surface area contributed by atoms with E-state index in [9.17, 15) is 0 Å². The third kappa shape index (κ3) is 3.11. The molecule has 2 N–H and O–H groups in total. The Morgan fingerprint density at radius 3 is 2.83 bits per heavy atom. The van der Waals surface area contributed by atoms with Gasteiger partial charge in [-0.1, -0.05) is 6.08 Å². The minimum Gasteiger partial charge on any atom is -0.330 e. The van der Waals surface area contributed by atoms with Gasteiger partial charge in [0, 0.05) is 0 Å². The Kier molecular flexibility index (Phi) is 3.90. The van der Waals surface area contributed by atoms with E-state index >= 15 is 0 Å². The molecule has 3 nitrogen and oxygen atoms in total. The maximum atomic E-state index is 5.32. The number of nitrogens with zero attached hydrogens (tertiary/aromatic N) is 2. The lowest BCUT2D eigenvalue weighted by atomic mass is 10.3. The molecule has 0 amide bonds. The highest BCUT2D eigenvalue weighted by atomic mass is 79.9. The van der Waals surface area contributed by atoms with Gasteiger partial charge in [-0.05, 0) is 35.0 Å². The van der Waals surface area contributed by atoms with Crippen LogP contribution in [0.2, 0.25) is 0 Å². The Balaban J connectivity index is 2.58. The van der Waals surface area contributed by atoms with Crippen molar-refractivity contribution in [1.82, 2.24) is 9.97 Å². The second-order valence-corrected chi connectivity index (χ2v) is 3.06. The van der Waals surface area contributed by atoms with Gasteiger partial charge in [-0.3, -0.25) is 4.98 Å². The summed E-state index contributed by atoms with van der Waals surface area (Å²) in [7, 11) is 0. The average molecular weight is 228 g/mol. The van der Waals surface area contributed by atoms with Gasteiger partial charge in [0.2, 0.25) is 0 Å². The number of rotatable bonds is 3. The molecule has 0 aromatic carbocycles. The van der Waals surface area contributed by atoms with Gasteiger partial charge in [0.15, 0.2) is 0 Å². The van der Waals surface area contributed by atoms with Crippen molar-refractivity contribution in [2.75, 3.05) is 6.54 Å². The highest BCUT2D eigenvalue weighted by molar-refractivity contribution is 9.10. The molecule has 1 aromatic rings. The van der Waals surface area contributed by atoms with Crippen LogP contribution in [0, 0.1) is 0 Å². The monoisotopic (exact) mass is 227 g/mol. The second-order valence-electron chi connectivity index (χ2n) is 2.24. The van der Waals surface area contributed by atoms with E-state index in [2.05, 4.69) is 25.9 Å². The minimum absolute atomic E-state index is 0.667. The molecule has 0 saturated heterocycles. The third-order valence-corrected chi connectivity index (χ3v) is 1.67. The highest BCUT2D eigenvalue weighted by Crippen LogP contribution is 2.03. The first-order valence-corrected chi connectivity index (χ1v) is 4.46. The molecule has 0 saturated carbocycles. The first-order valence-electron chi connectivity index (χ1n) is 3.67. The van der Waals surface area contributed by atoms with Crippen molar-refractivity contribution in [3.63, 3.8) is 0 Å². The van der Waals surface area contributed by atoms with Gasteiger partial charge in [-0.2, -0.15) is 0 Å². The molecule has 0 aliphatic rings. The van der Waals surface area contributed by atoms with E-state index in [-0.39, 0.29) is 0 Å². The summed E-state index contributed by atoms with van der Waals surface area (Å²) in [5.74, 6) is 0. The highest BCUT2D eigenvalue weighted by Gasteiger charge is 1.88. The van der Waals surface area contributed by atoms with E-state index < -0.39 is 0 Å². The van der Waals surface area contributed by atoms with E-state index in [1.807, 2.05) is 12.2 Å². The Labute approximate surface area is 79.8 Å². The number of aromatic nitrogens is 2. The molecule has 12 heavy (non-hydrogen) atoms. The molecule has 1 heterocycles. The van der Waals surface area contributed by atoms with E-state index in [1.165, 1.54) is 0 Å². The molecule has 0 spiro atoms. The molecule has 0 aliphatic heterocycles. The smallest absolute Gasteiger partial charge is 0.124 e. The fraction of sp³-hybridized carbons (Fsp3) is 0.250. The van der Waals surface area contributed by atoms with Crippen molar-refractivity contribution in [2.24, 2.45) is 5.73 Å². The maximum absolute atomic E-state index is 5.32. The fourth-order valence-electron chi connectivity index (χ4n) is 0.709. The summed E-state index contributed by atoms with van der Waals surface area (Å²) < 4.78 is 0.749. The summed E-state index contributed by atoms with van der Waals surface area (Å²) in [4.78, 5) is 8.14. The van der Waals surface area contributed by atoms with Gasteiger partial charge >= 0.3 is 0 Å². The van der Waals surface area contributed by atoms with Crippen LogP contribution >= 0.6 is 15.9 Å². The van der Waals surface area contributed by atoms with Crippen LogP contribution in [0.1, 0.15) is 12.1 Å². The first-order chi connectivity index (χ1) is 5.83. The zero-order chi connectivity index (χ0) is 8.81. The van der Waals surface area contributed by atoms with Gasteiger partial charge in [0.1, 0.15) is 4.60 Å². The van der Waals surface area contributed by atoms with Crippen molar-refractivity contribution in [3.05, 3.63) is 28.8 Å². The Morgan fingerprint density at radius 2 is 2.25 bits per heavy atom. The fourth-order valence-corrected chi connectivity index (χ4v) is 0.913. The predicted octanol–water partition coefficient (Wildman–Crippen LogP) is 1.60. The molecule has 0 radical (unpaired) electrons. The maximum Gasteiger partial charge on any atom is 0.124 e. The van der Waals surface area contributed by atoms with Crippen LogP contribution in [-0.4, -0.2) is 16.5 Å². The SMILES string of the molecule is NCCC=Cc1cnc(Br)cn1. The lowest BCUT2D eigenvalue weighted by Crippen LogP contribution is -1.95. The zero-order valence-corrected chi connectivity index (χ0v) is 8.16. The molecule has 0 unspecified atom stereocenters. The van der Waals surface area contributed by atoms with Gasteiger partial charge < -0.3 is 5.73 Å². The van der Waals surface area contributed by atoms with Crippen molar-refractivity contribution in [1.29, 1.82) is 0 Å². The summed E-state index contributed by atoms with van der Waals surface area (Å²) in [6, 6.07) is 0. The molecular weight excluding hydrogens is 218 g/mol. The van der Waals surface area contributed by atoms with Crippen LogP contribution in [0.25, 0.3) is 6.08 Å². The Bertz CT molecular complexity index is 256. The summed E-state index contributed by atoms with van der Waals surface area (Å²) in [6.45, 7) is 0.667. The first kappa shape index (κ1) is 9.35. The van der Waals surface area contributed by atoms with E-state index in [0.29, 0.717) is 6.54 Å². The molecule has 4 heteroatoms. The summed E-state index contributed by atoms with van der Waals surface area (Å²) >= 11 is 3.21. The number of halogens is 1. The molecule has 0 fully saturated rings. The largest absolute Gasteiger partial charge is 0.330 e. The summed E-state index contributed by atoms with van der Waals surface area (Å²) in [5.41, 5.74) is 6.18. The molecule has 1 rings (SSSR count). The third-order valence-electron chi connectivity index (χ3n) is 1.26. The van der Waals surface area contributed by atoms with E-state index in [1.54, 1.807) is 12.4 Å². The van der Waals surface area contributed by atoms with Crippen molar-refractivity contribution < 1.29 is 0 Å². The Hall–Kier alpha value is -0.740. The van der Waals surface area contributed by atoms with Crippen molar-refractivity contribution in [3.8, 4) is 0 Å². The summed E-state index contributed by atoms with van der Waals surface area (Å²) in [5, 5.41) is 0.